The number of halogens is 1. The van der Waals surface area contributed by atoms with Crippen molar-refractivity contribution in [2.45, 2.75) is 38.5 Å². The average molecular weight is 146 g/mol. The molecule has 53 valence electrons. The highest BCUT2D eigenvalue weighted by atomic mass is 35.5. The summed E-state index contributed by atoms with van der Waals surface area (Å²) >= 11 is 5.57. The van der Waals surface area contributed by atoms with Crippen LogP contribution >= 0.6 is 11.6 Å². The van der Waals surface area contributed by atoms with E-state index in [0.29, 0.717) is 0 Å². The van der Waals surface area contributed by atoms with Crippen molar-refractivity contribution in [1.29, 1.82) is 0 Å². The van der Waals surface area contributed by atoms with Crippen LogP contribution in [-0.4, -0.2) is 5.88 Å². The molecule has 1 aliphatic carbocycles. The summed E-state index contributed by atoms with van der Waals surface area (Å²) < 4.78 is 0. The van der Waals surface area contributed by atoms with Gasteiger partial charge in [0.05, 0.1) is 0 Å². The molecule has 1 aliphatic rings. The van der Waals surface area contributed by atoms with Gasteiger partial charge in [0.1, 0.15) is 0 Å². The first-order chi connectivity index (χ1) is 4.43. The Balaban J connectivity index is 1.98. The van der Waals surface area contributed by atoms with E-state index in [1.807, 2.05) is 0 Å². The van der Waals surface area contributed by atoms with Crippen LogP contribution in [0.5, 0.6) is 0 Å². The molecule has 0 aromatic heterocycles. The molecule has 1 rings (SSSR count). The second kappa shape index (κ2) is 4.16. The van der Waals surface area contributed by atoms with Crippen LogP contribution in [-0.2, 0) is 0 Å². The Bertz CT molecular complexity index is 65.0. The van der Waals surface area contributed by atoms with Crippen LogP contribution < -0.4 is 0 Å². The molecule has 0 atom stereocenters. The summed E-state index contributed by atoms with van der Waals surface area (Å²) in [6.45, 7) is 0. The molecule has 1 saturated carbocycles. The molecule has 0 spiro atoms. The summed E-state index contributed by atoms with van der Waals surface area (Å²) in [5.74, 6) is 2.60. The lowest BCUT2D eigenvalue weighted by atomic mass is 10.0. The quantitative estimate of drug-likeness (QED) is 0.536. The van der Waals surface area contributed by atoms with Crippen LogP contribution in [0.3, 0.4) is 0 Å². The summed E-state index contributed by atoms with van der Waals surface area (Å²) in [6.07, 6.45) is 8.11. The molecule has 1 radical (unpaired) electrons. The zero-order valence-corrected chi connectivity index (χ0v) is 6.58. The van der Waals surface area contributed by atoms with E-state index in [0.717, 1.165) is 5.88 Å². The monoisotopic (exact) mass is 145 g/mol. The van der Waals surface area contributed by atoms with E-state index < -0.39 is 0 Å². The van der Waals surface area contributed by atoms with Gasteiger partial charge >= 0.3 is 0 Å². The van der Waals surface area contributed by atoms with E-state index >= 15 is 0 Å². The molecule has 0 heterocycles. The summed E-state index contributed by atoms with van der Waals surface area (Å²) in [4.78, 5) is 0. The minimum absolute atomic E-state index is 0.837. The van der Waals surface area contributed by atoms with E-state index in [2.05, 4.69) is 0 Å². The number of alkyl halides is 1. The predicted octanol–water partition coefficient (Wildman–Crippen LogP) is 3.15. The maximum atomic E-state index is 5.57. The summed E-state index contributed by atoms with van der Waals surface area (Å²) in [5.41, 5.74) is 0. The second-order valence-electron chi connectivity index (χ2n) is 2.75. The van der Waals surface area contributed by atoms with Gasteiger partial charge in [-0.2, -0.15) is 0 Å². The fourth-order valence-corrected chi connectivity index (χ4v) is 1.58. The van der Waals surface area contributed by atoms with Gasteiger partial charge in [0, 0.05) is 5.88 Å². The van der Waals surface area contributed by atoms with Gasteiger partial charge in [-0.3, -0.25) is 0 Å². The number of hydrogen-bond donors (Lipinski definition) is 0. The summed E-state index contributed by atoms with van der Waals surface area (Å²) in [5, 5.41) is 0. The Morgan fingerprint density at radius 2 is 1.89 bits per heavy atom. The fraction of sp³-hybridized carbons (Fsp3) is 0.875. The lowest BCUT2D eigenvalue weighted by Crippen LogP contribution is -1.89. The van der Waals surface area contributed by atoms with Gasteiger partial charge in [0.15, 0.2) is 0 Å². The molecule has 1 heteroatoms. The van der Waals surface area contributed by atoms with Crippen LogP contribution in [0.25, 0.3) is 0 Å². The highest BCUT2D eigenvalue weighted by Crippen LogP contribution is 2.30. The highest BCUT2D eigenvalue weighted by molar-refractivity contribution is 6.17. The van der Waals surface area contributed by atoms with Crippen molar-refractivity contribution >= 4 is 11.6 Å². The zero-order valence-electron chi connectivity index (χ0n) is 5.83. The lowest BCUT2D eigenvalue weighted by molar-refractivity contribution is 0.743. The molecule has 0 nitrogen and oxygen atoms in total. The van der Waals surface area contributed by atoms with Crippen LogP contribution in [0.4, 0.5) is 0 Å². The molecule has 0 aliphatic heterocycles. The Morgan fingerprint density at radius 3 is 2.44 bits per heavy atom. The first kappa shape index (κ1) is 7.40. The van der Waals surface area contributed by atoms with Crippen LogP contribution in [0, 0.1) is 5.92 Å². The molecular weight excluding hydrogens is 132 g/mol. The zero-order chi connectivity index (χ0) is 6.53. The van der Waals surface area contributed by atoms with Crippen LogP contribution in [0.1, 0.15) is 38.5 Å². The smallest absolute Gasteiger partial charge is 0.0223 e. The standard InChI is InChI=1S/C8H14Cl/c9-7-3-6-8-4-1-2-5-8/h1-7H2. The molecule has 0 N–H and O–H groups in total. The van der Waals surface area contributed by atoms with Crippen molar-refractivity contribution < 1.29 is 0 Å². The summed E-state index contributed by atoms with van der Waals surface area (Å²) in [7, 11) is 0. The van der Waals surface area contributed by atoms with Gasteiger partial charge in [0.25, 0.3) is 0 Å². The topological polar surface area (TPSA) is 0 Å². The number of hydrogen-bond acceptors (Lipinski definition) is 0. The Hall–Kier alpha value is 0.290. The molecule has 0 amide bonds. The Morgan fingerprint density at radius 1 is 1.22 bits per heavy atom. The van der Waals surface area contributed by atoms with Gasteiger partial charge in [-0.1, -0.05) is 12.8 Å². The van der Waals surface area contributed by atoms with Crippen LogP contribution in [0.15, 0.2) is 0 Å². The van der Waals surface area contributed by atoms with E-state index in [1.54, 1.807) is 5.92 Å². The third-order valence-electron chi connectivity index (χ3n) is 1.97. The third-order valence-corrected chi connectivity index (χ3v) is 2.24. The van der Waals surface area contributed by atoms with Gasteiger partial charge in [-0.15, -0.1) is 11.6 Å². The van der Waals surface area contributed by atoms with Crippen molar-refractivity contribution in [3.8, 4) is 0 Å². The largest absolute Gasteiger partial charge is 0.127 e. The van der Waals surface area contributed by atoms with Gasteiger partial charge in [-0.25, -0.2) is 0 Å². The lowest BCUT2D eigenvalue weighted by Gasteiger charge is -2.03. The SMILES string of the molecule is ClCCC[C]1CCCC1. The molecule has 0 saturated heterocycles. The first-order valence-electron chi connectivity index (χ1n) is 3.83. The van der Waals surface area contributed by atoms with Crippen molar-refractivity contribution in [2.75, 3.05) is 5.88 Å². The van der Waals surface area contributed by atoms with E-state index in [-0.39, 0.29) is 0 Å². The molecule has 0 unspecified atom stereocenters. The van der Waals surface area contributed by atoms with E-state index in [1.165, 1.54) is 38.5 Å². The Kier molecular flexibility index (Phi) is 3.42. The Labute approximate surface area is 62.6 Å². The third kappa shape index (κ3) is 2.57. The van der Waals surface area contributed by atoms with E-state index in [9.17, 15) is 0 Å². The maximum Gasteiger partial charge on any atom is 0.0223 e. The molecule has 0 bridgehead atoms. The van der Waals surface area contributed by atoms with Crippen molar-refractivity contribution in [3.63, 3.8) is 0 Å². The van der Waals surface area contributed by atoms with E-state index in [4.69, 9.17) is 11.6 Å². The highest BCUT2D eigenvalue weighted by Gasteiger charge is 2.13. The van der Waals surface area contributed by atoms with Gasteiger partial charge in [-0.05, 0) is 31.6 Å². The van der Waals surface area contributed by atoms with Crippen molar-refractivity contribution in [3.05, 3.63) is 5.92 Å². The molecule has 0 aromatic carbocycles. The van der Waals surface area contributed by atoms with Crippen LogP contribution in [0.2, 0.25) is 0 Å². The molecule has 0 aromatic rings. The average Bonchev–Trinajstić information content (AvgIpc) is 2.34. The molecule has 9 heavy (non-hydrogen) atoms. The van der Waals surface area contributed by atoms with Crippen molar-refractivity contribution in [1.82, 2.24) is 0 Å². The molecular formula is C8H14Cl. The second-order valence-corrected chi connectivity index (χ2v) is 3.13. The summed E-state index contributed by atoms with van der Waals surface area (Å²) in [6, 6.07) is 0. The molecule has 1 fully saturated rings. The van der Waals surface area contributed by atoms with Crippen molar-refractivity contribution in [2.24, 2.45) is 0 Å². The van der Waals surface area contributed by atoms with Gasteiger partial charge in [0.2, 0.25) is 0 Å². The van der Waals surface area contributed by atoms with Gasteiger partial charge < -0.3 is 0 Å². The number of rotatable bonds is 3. The minimum atomic E-state index is 0.837. The fourth-order valence-electron chi connectivity index (χ4n) is 1.44. The minimum Gasteiger partial charge on any atom is -0.127 e. The maximum absolute atomic E-state index is 5.57. The first-order valence-corrected chi connectivity index (χ1v) is 4.36. The predicted molar refractivity (Wildman–Crippen MR) is 41.7 cm³/mol. The normalized spacial score (nSPS) is 21.0.